The van der Waals surface area contributed by atoms with Gasteiger partial charge in [0, 0.05) is 41.0 Å². The molecule has 39 heavy (non-hydrogen) atoms. The van der Waals surface area contributed by atoms with Gasteiger partial charge < -0.3 is 22.1 Å². The zero-order valence-corrected chi connectivity index (χ0v) is 25.0. The number of likely N-dealkylation sites (N-methyl/N-ethyl adjacent to an activating group) is 1. The maximum atomic E-state index is 11.8. The van der Waals surface area contributed by atoms with E-state index in [1.165, 1.54) is 29.8 Å². The van der Waals surface area contributed by atoms with Crippen LogP contribution in [-0.2, 0) is 14.4 Å². The van der Waals surface area contributed by atoms with Crippen molar-refractivity contribution in [2.45, 2.75) is 78.2 Å². The predicted molar refractivity (Wildman–Crippen MR) is 165 cm³/mol. The topological polar surface area (TPSA) is 156 Å². The summed E-state index contributed by atoms with van der Waals surface area (Å²) in [4.78, 5) is 37.8. The molecule has 1 aliphatic heterocycles. The van der Waals surface area contributed by atoms with Crippen LogP contribution in [0.3, 0.4) is 0 Å². The molecule has 0 bridgehead atoms. The summed E-state index contributed by atoms with van der Waals surface area (Å²) in [7, 11) is 3.89. The first-order valence-corrected chi connectivity index (χ1v) is 13.2. The van der Waals surface area contributed by atoms with Gasteiger partial charge in [0.05, 0.1) is 11.7 Å². The molecular weight excluding hydrogens is 492 g/mol. The van der Waals surface area contributed by atoms with Gasteiger partial charge in [0.2, 0.25) is 5.91 Å². The molecule has 2 unspecified atom stereocenters. The fourth-order valence-corrected chi connectivity index (χ4v) is 4.11. The Morgan fingerprint density at radius 1 is 1.13 bits per heavy atom. The fourth-order valence-electron chi connectivity index (χ4n) is 4.11. The van der Waals surface area contributed by atoms with E-state index in [1.807, 2.05) is 64.0 Å². The lowest BCUT2D eigenvalue weighted by atomic mass is 9.96. The molecule has 1 aromatic carbocycles. The summed E-state index contributed by atoms with van der Waals surface area (Å²) in [6.07, 6.45) is 7.81. The summed E-state index contributed by atoms with van der Waals surface area (Å²) in [5.41, 5.74) is 4.76. The molecule has 0 radical (unpaired) electrons. The minimum absolute atomic E-state index is 0. The van der Waals surface area contributed by atoms with Gasteiger partial charge in [-0.25, -0.2) is 0 Å². The zero-order valence-electron chi connectivity index (χ0n) is 25.0. The number of hydrogen-bond acceptors (Lipinski definition) is 7. The minimum atomic E-state index is -0.198. The summed E-state index contributed by atoms with van der Waals surface area (Å²) in [6, 6.07) is 10.0. The number of aromatic nitrogens is 2. The molecule has 2 atom stereocenters. The van der Waals surface area contributed by atoms with Gasteiger partial charge in [0.15, 0.2) is 5.78 Å². The van der Waals surface area contributed by atoms with Crippen molar-refractivity contribution in [2.75, 3.05) is 27.2 Å². The Morgan fingerprint density at radius 2 is 1.79 bits per heavy atom. The number of aromatic amines is 1. The highest BCUT2D eigenvalue weighted by Crippen LogP contribution is 2.38. The normalized spacial score (nSPS) is 16.7. The van der Waals surface area contributed by atoms with Gasteiger partial charge in [-0.2, -0.15) is 5.10 Å². The van der Waals surface area contributed by atoms with Crippen LogP contribution < -0.4 is 12.3 Å². The van der Waals surface area contributed by atoms with Crippen LogP contribution in [0.15, 0.2) is 42.5 Å². The second-order valence-corrected chi connectivity index (χ2v) is 10.5. The van der Waals surface area contributed by atoms with E-state index in [-0.39, 0.29) is 46.0 Å². The van der Waals surface area contributed by atoms with Gasteiger partial charge in [-0.3, -0.25) is 19.5 Å². The molecule has 1 amide bonds. The number of H-pyrrole nitrogens is 1. The van der Waals surface area contributed by atoms with Crippen molar-refractivity contribution in [1.82, 2.24) is 32.3 Å². The summed E-state index contributed by atoms with van der Waals surface area (Å²) < 4.78 is 0. The van der Waals surface area contributed by atoms with Gasteiger partial charge >= 0.3 is 0 Å². The first-order chi connectivity index (χ1) is 17.5. The summed E-state index contributed by atoms with van der Waals surface area (Å²) >= 11 is 0. The summed E-state index contributed by atoms with van der Waals surface area (Å²) in [5.74, 6) is 1.09. The van der Waals surface area contributed by atoms with Crippen LogP contribution in [0.4, 0.5) is 0 Å². The molecule has 2 fully saturated rings. The second kappa shape index (κ2) is 17.4. The third kappa shape index (κ3) is 12.5. The Balaban J connectivity index is -0.000000250. The number of nitrogens with one attached hydrogen (secondary N) is 1. The number of nitrogens with zero attached hydrogens (tertiary/aromatic N) is 3. The van der Waals surface area contributed by atoms with Gasteiger partial charge in [0.1, 0.15) is 5.78 Å². The van der Waals surface area contributed by atoms with E-state index in [1.54, 1.807) is 24.8 Å². The van der Waals surface area contributed by atoms with Gasteiger partial charge in [-0.1, -0.05) is 42.8 Å². The molecule has 2 aromatic rings. The lowest BCUT2D eigenvalue weighted by Crippen LogP contribution is -2.38. The number of aryl methyl sites for hydroxylation is 2. The monoisotopic (exact) mass is 548 g/mol. The van der Waals surface area contributed by atoms with Crippen molar-refractivity contribution in [3.8, 4) is 0 Å². The number of amides is 1. The standard InChI is InChI=1S/C12H20N2O2.C11H14O.C7H10N2.2H3N.3H2/c1-10(15)11-6-4-9-14(11)12(16)7-5-8-13(2)3;1-8-5-4-6-11(7-8)9(2)10(3)12;1-5-4-7(9-8-5)6-2-3-6;;;;;/h5,7,11H,4,6,8-9H2,1-3H3;4-7,9H,1-3H3;4,6H,2-3H2,1H3,(H,8,9);2*1H3;3*1H/b7-5+;;;;;;;. The van der Waals surface area contributed by atoms with Crippen molar-refractivity contribution < 1.29 is 18.7 Å². The van der Waals surface area contributed by atoms with Gasteiger partial charge in [0.25, 0.3) is 0 Å². The smallest absolute Gasteiger partial charge is 0.246 e. The van der Waals surface area contributed by atoms with E-state index in [0.29, 0.717) is 6.54 Å². The Labute approximate surface area is 239 Å². The molecule has 4 rings (SSSR count). The molecule has 2 aliphatic rings. The molecule has 9 heteroatoms. The zero-order chi connectivity index (χ0) is 27.5. The van der Waals surface area contributed by atoms with Crippen molar-refractivity contribution >= 4 is 17.5 Å². The fraction of sp³-hybridized carbons (Fsp3) is 0.533. The number of likely N-dealkylation sites (tertiary alicyclic amines) is 1. The molecule has 1 saturated carbocycles. The van der Waals surface area contributed by atoms with Crippen LogP contribution in [0, 0.1) is 13.8 Å². The van der Waals surface area contributed by atoms with E-state index >= 15 is 0 Å². The van der Waals surface area contributed by atoms with Gasteiger partial charge in [-0.05, 0) is 79.1 Å². The quantitative estimate of drug-likeness (QED) is 0.356. The third-order valence-electron chi connectivity index (χ3n) is 6.61. The largest absolute Gasteiger partial charge is 0.344 e. The summed E-state index contributed by atoms with van der Waals surface area (Å²) in [5, 5.41) is 7.09. The lowest BCUT2D eigenvalue weighted by Gasteiger charge is -2.20. The number of carbonyl (C=O) groups excluding carboxylic acids is 3. The number of benzene rings is 1. The molecule has 1 saturated heterocycles. The number of rotatable bonds is 7. The van der Waals surface area contributed by atoms with E-state index in [0.717, 1.165) is 30.9 Å². The van der Waals surface area contributed by atoms with Crippen LogP contribution in [0.25, 0.3) is 0 Å². The molecule has 9 nitrogen and oxygen atoms in total. The Morgan fingerprint density at radius 3 is 2.28 bits per heavy atom. The molecule has 224 valence electrons. The van der Waals surface area contributed by atoms with Crippen LogP contribution in [-0.4, -0.2) is 70.7 Å². The Kier molecular flexibility index (Phi) is 16.0. The first kappa shape index (κ1) is 35.9. The van der Waals surface area contributed by atoms with Gasteiger partial charge in [-0.15, -0.1) is 0 Å². The van der Waals surface area contributed by atoms with E-state index in [2.05, 4.69) is 22.3 Å². The molecule has 0 spiro atoms. The molecule has 2 heterocycles. The number of hydrogen-bond donors (Lipinski definition) is 3. The highest BCUT2D eigenvalue weighted by Gasteiger charge is 2.30. The molecule has 7 N–H and O–H groups in total. The van der Waals surface area contributed by atoms with E-state index < -0.39 is 0 Å². The lowest BCUT2D eigenvalue weighted by molar-refractivity contribution is -0.133. The number of carbonyl (C=O) groups is 3. The van der Waals surface area contributed by atoms with Crippen molar-refractivity contribution in [1.29, 1.82) is 0 Å². The predicted octanol–water partition coefficient (Wildman–Crippen LogP) is 6.03. The van der Waals surface area contributed by atoms with Crippen molar-refractivity contribution in [3.05, 3.63) is 65.0 Å². The average Bonchev–Trinajstić information content (AvgIpc) is 3.39. The highest BCUT2D eigenvalue weighted by molar-refractivity contribution is 5.93. The Hall–Kier alpha value is -3.14. The SMILES string of the molecule is CC(=O)C(C)c1cccc(C)c1.CC(=O)C1CCCN1C(=O)/C=C/CN(C)C.Cc1cc(C2CC2)n[nH]1.N.N.[HH].[HH].[HH]. The van der Waals surface area contributed by atoms with Crippen molar-refractivity contribution in [3.63, 3.8) is 0 Å². The molecule has 1 aromatic heterocycles. The van der Waals surface area contributed by atoms with Crippen LogP contribution >= 0.6 is 0 Å². The first-order valence-electron chi connectivity index (χ1n) is 13.2. The van der Waals surface area contributed by atoms with Crippen molar-refractivity contribution in [2.24, 2.45) is 0 Å². The minimum Gasteiger partial charge on any atom is -0.344 e. The van der Waals surface area contributed by atoms with E-state index in [9.17, 15) is 14.4 Å². The molecular formula is C30H56N6O3. The maximum absolute atomic E-state index is 11.8. The highest BCUT2D eigenvalue weighted by atomic mass is 16.2. The maximum Gasteiger partial charge on any atom is 0.246 e. The second-order valence-electron chi connectivity index (χ2n) is 10.5. The summed E-state index contributed by atoms with van der Waals surface area (Å²) in [6.45, 7) is 10.7. The van der Waals surface area contributed by atoms with Crippen LogP contribution in [0.5, 0.6) is 0 Å². The number of ketones is 2. The Bertz CT molecular complexity index is 1090. The van der Waals surface area contributed by atoms with Crippen LogP contribution in [0.1, 0.15) is 85.1 Å². The number of Topliss-reactive ketones (excluding diaryl/α,β-unsaturated/α-hetero) is 2. The third-order valence-corrected chi connectivity index (χ3v) is 6.61. The van der Waals surface area contributed by atoms with E-state index in [4.69, 9.17) is 0 Å². The molecule has 1 aliphatic carbocycles. The van der Waals surface area contributed by atoms with Crippen LogP contribution in [0.2, 0.25) is 0 Å². The average molecular weight is 549 g/mol.